The van der Waals surface area contributed by atoms with Crippen LogP contribution >= 0.6 is 12.2 Å². The minimum atomic E-state index is -0.725. The number of thiocarbonyl (C=S) groups is 1. The number of anilines is 1. The molecule has 0 atom stereocenters. The SMILES string of the molecule is C=CCn1c(O)c(/C(CC)=N/NC(=S)Nc2ccccc2)c(=O)[nH]c1=O. The van der Waals surface area contributed by atoms with Gasteiger partial charge in [0.25, 0.3) is 5.56 Å². The van der Waals surface area contributed by atoms with Crippen LogP contribution in [0.3, 0.4) is 0 Å². The lowest BCUT2D eigenvalue weighted by atomic mass is 10.1. The molecule has 0 aliphatic carbocycles. The third-order valence-corrected chi connectivity index (χ3v) is 3.62. The van der Waals surface area contributed by atoms with Gasteiger partial charge in [-0.25, -0.2) is 4.79 Å². The summed E-state index contributed by atoms with van der Waals surface area (Å²) < 4.78 is 0.995. The number of H-pyrrole nitrogens is 1. The molecule has 0 fully saturated rings. The number of hydrogen-bond acceptors (Lipinski definition) is 5. The van der Waals surface area contributed by atoms with Gasteiger partial charge in [-0.3, -0.25) is 19.8 Å². The Kier molecular flexibility index (Phi) is 6.45. The highest BCUT2D eigenvalue weighted by Gasteiger charge is 2.18. The zero-order valence-corrected chi connectivity index (χ0v) is 15.0. The first-order chi connectivity index (χ1) is 12.5. The number of benzene rings is 1. The highest BCUT2D eigenvalue weighted by atomic mass is 32.1. The summed E-state index contributed by atoms with van der Waals surface area (Å²) in [5.41, 5.74) is 2.12. The average molecular weight is 373 g/mol. The summed E-state index contributed by atoms with van der Waals surface area (Å²) in [5.74, 6) is -0.469. The number of para-hydroxylation sites is 1. The lowest BCUT2D eigenvalue weighted by molar-refractivity contribution is 0.409. The molecule has 2 rings (SSSR count). The average Bonchev–Trinajstić information content (AvgIpc) is 2.62. The number of nitrogens with one attached hydrogen (secondary N) is 3. The van der Waals surface area contributed by atoms with Crippen molar-refractivity contribution in [3.05, 3.63) is 69.4 Å². The fraction of sp³-hybridized carbons (Fsp3) is 0.176. The molecule has 1 heterocycles. The maximum atomic E-state index is 12.1. The summed E-state index contributed by atoms with van der Waals surface area (Å²) in [4.78, 5) is 26.1. The van der Waals surface area contributed by atoms with Crippen molar-refractivity contribution >= 4 is 28.7 Å². The zero-order chi connectivity index (χ0) is 19.1. The quantitative estimate of drug-likeness (QED) is 0.264. The van der Waals surface area contributed by atoms with Gasteiger partial charge in [0, 0.05) is 12.2 Å². The molecule has 0 aliphatic heterocycles. The molecule has 9 heteroatoms. The van der Waals surface area contributed by atoms with Gasteiger partial charge < -0.3 is 10.4 Å². The number of hydrazone groups is 1. The molecule has 0 radical (unpaired) electrons. The van der Waals surface area contributed by atoms with Gasteiger partial charge >= 0.3 is 5.69 Å². The maximum absolute atomic E-state index is 12.1. The minimum absolute atomic E-state index is 0.0485. The predicted molar refractivity (Wildman–Crippen MR) is 106 cm³/mol. The van der Waals surface area contributed by atoms with Gasteiger partial charge in [0.15, 0.2) is 5.11 Å². The van der Waals surface area contributed by atoms with Crippen LogP contribution in [0.1, 0.15) is 18.9 Å². The Bertz CT molecular complexity index is 947. The van der Waals surface area contributed by atoms with Crippen LogP contribution in [0.4, 0.5) is 5.69 Å². The molecule has 136 valence electrons. The van der Waals surface area contributed by atoms with E-state index in [4.69, 9.17) is 12.2 Å². The van der Waals surface area contributed by atoms with Gasteiger partial charge in [0.2, 0.25) is 5.88 Å². The van der Waals surface area contributed by atoms with Crippen LogP contribution in [0.25, 0.3) is 0 Å². The molecule has 0 amide bonds. The first kappa shape index (κ1) is 19.1. The van der Waals surface area contributed by atoms with Crippen LogP contribution in [0.2, 0.25) is 0 Å². The number of allylic oxidation sites excluding steroid dienone is 1. The van der Waals surface area contributed by atoms with E-state index in [2.05, 4.69) is 27.4 Å². The Morgan fingerprint density at radius 1 is 1.38 bits per heavy atom. The normalized spacial score (nSPS) is 11.0. The molecule has 0 bridgehead atoms. The van der Waals surface area contributed by atoms with E-state index < -0.39 is 17.1 Å². The molecule has 4 N–H and O–H groups in total. The highest BCUT2D eigenvalue weighted by Crippen LogP contribution is 2.13. The molecule has 26 heavy (non-hydrogen) atoms. The van der Waals surface area contributed by atoms with Gasteiger partial charge in [-0.05, 0) is 30.8 Å². The van der Waals surface area contributed by atoms with Crippen molar-refractivity contribution in [2.45, 2.75) is 19.9 Å². The van der Waals surface area contributed by atoms with E-state index in [0.717, 1.165) is 10.3 Å². The van der Waals surface area contributed by atoms with Crippen molar-refractivity contribution in [1.82, 2.24) is 15.0 Å². The predicted octanol–water partition coefficient (Wildman–Crippen LogP) is 1.53. The number of aromatic nitrogens is 2. The fourth-order valence-corrected chi connectivity index (χ4v) is 2.39. The molecular formula is C17H19N5O3S. The lowest BCUT2D eigenvalue weighted by Gasteiger charge is -2.12. The number of rotatable bonds is 6. The second kappa shape index (κ2) is 8.77. The van der Waals surface area contributed by atoms with Gasteiger partial charge in [-0.2, -0.15) is 5.10 Å². The largest absolute Gasteiger partial charge is 0.494 e. The molecule has 1 aromatic heterocycles. The van der Waals surface area contributed by atoms with Gasteiger partial charge in [0.1, 0.15) is 5.56 Å². The molecule has 0 saturated heterocycles. The smallest absolute Gasteiger partial charge is 0.331 e. The van der Waals surface area contributed by atoms with Crippen molar-refractivity contribution in [1.29, 1.82) is 0 Å². The molecule has 0 spiro atoms. The Morgan fingerprint density at radius 2 is 2.08 bits per heavy atom. The molecule has 2 aromatic rings. The van der Waals surface area contributed by atoms with Crippen LogP contribution in [0.15, 0.2) is 57.7 Å². The monoisotopic (exact) mass is 373 g/mol. The molecule has 0 unspecified atom stereocenters. The Hall–Kier alpha value is -3.20. The van der Waals surface area contributed by atoms with Crippen molar-refractivity contribution in [3.8, 4) is 5.88 Å². The molecule has 1 aromatic carbocycles. The van der Waals surface area contributed by atoms with E-state index in [0.29, 0.717) is 6.42 Å². The van der Waals surface area contributed by atoms with Crippen LogP contribution in [0.5, 0.6) is 5.88 Å². The second-order valence-corrected chi connectivity index (χ2v) is 5.61. The minimum Gasteiger partial charge on any atom is -0.494 e. The molecule has 0 saturated carbocycles. The summed E-state index contributed by atoms with van der Waals surface area (Å²) in [7, 11) is 0. The lowest BCUT2D eigenvalue weighted by Crippen LogP contribution is -2.34. The number of aromatic hydroxyl groups is 1. The van der Waals surface area contributed by atoms with E-state index in [-0.39, 0.29) is 22.9 Å². The van der Waals surface area contributed by atoms with Gasteiger partial charge in [-0.1, -0.05) is 31.2 Å². The topological polar surface area (TPSA) is 112 Å². The summed E-state index contributed by atoms with van der Waals surface area (Å²) in [5, 5.41) is 17.6. The van der Waals surface area contributed by atoms with Crippen molar-refractivity contribution < 1.29 is 5.11 Å². The molecular weight excluding hydrogens is 354 g/mol. The molecule has 8 nitrogen and oxygen atoms in total. The third-order valence-electron chi connectivity index (χ3n) is 3.43. The van der Waals surface area contributed by atoms with Crippen LogP contribution in [0, 0.1) is 0 Å². The van der Waals surface area contributed by atoms with E-state index in [1.807, 2.05) is 30.3 Å². The Labute approximate surface area is 154 Å². The summed E-state index contributed by atoms with van der Waals surface area (Å²) in [6, 6.07) is 9.25. The third kappa shape index (κ3) is 4.45. The first-order valence-corrected chi connectivity index (χ1v) is 8.24. The standard InChI is InChI=1S/C17H19N5O3S/c1-3-10-22-15(24)13(14(23)19-17(22)25)12(4-2)20-21-16(26)18-11-8-6-5-7-9-11/h3,5-9,24H,1,4,10H2,2H3,(H2,18,21,26)(H,19,23,25)/b20-12+. The molecule has 0 aliphatic rings. The van der Waals surface area contributed by atoms with Crippen molar-refractivity contribution in [2.24, 2.45) is 5.10 Å². The number of aromatic amines is 1. The Balaban J connectivity index is 2.30. The zero-order valence-electron chi connectivity index (χ0n) is 14.2. The van der Waals surface area contributed by atoms with Crippen LogP contribution in [-0.2, 0) is 6.54 Å². The number of nitrogens with zero attached hydrogens (tertiary/aromatic N) is 2. The highest BCUT2D eigenvalue weighted by molar-refractivity contribution is 7.80. The van der Waals surface area contributed by atoms with Crippen LogP contribution < -0.4 is 22.0 Å². The van der Waals surface area contributed by atoms with E-state index >= 15 is 0 Å². The summed E-state index contributed by atoms with van der Waals surface area (Å²) >= 11 is 5.16. The Morgan fingerprint density at radius 3 is 2.69 bits per heavy atom. The van der Waals surface area contributed by atoms with Crippen molar-refractivity contribution in [2.75, 3.05) is 5.32 Å². The second-order valence-electron chi connectivity index (χ2n) is 5.20. The van der Waals surface area contributed by atoms with Crippen molar-refractivity contribution in [3.63, 3.8) is 0 Å². The number of hydrogen-bond donors (Lipinski definition) is 4. The van der Waals surface area contributed by atoms with E-state index in [1.165, 1.54) is 6.08 Å². The summed E-state index contributed by atoms with van der Waals surface area (Å²) in [6.07, 6.45) is 1.76. The van der Waals surface area contributed by atoms with Crippen LogP contribution in [-0.4, -0.2) is 25.5 Å². The summed E-state index contributed by atoms with van der Waals surface area (Å²) in [6.45, 7) is 5.33. The maximum Gasteiger partial charge on any atom is 0.331 e. The fourth-order valence-electron chi connectivity index (χ4n) is 2.23. The van der Waals surface area contributed by atoms with Gasteiger partial charge in [0.05, 0.1) is 5.71 Å². The van der Waals surface area contributed by atoms with E-state index in [1.54, 1.807) is 6.92 Å². The van der Waals surface area contributed by atoms with Gasteiger partial charge in [-0.15, -0.1) is 6.58 Å². The van der Waals surface area contributed by atoms with E-state index in [9.17, 15) is 14.7 Å². The first-order valence-electron chi connectivity index (χ1n) is 7.83.